The molecule has 1 aromatic heterocycles. The third-order valence-electron chi connectivity index (χ3n) is 4.17. The van der Waals surface area contributed by atoms with Gasteiger partial charge in [-0.1, -0.05) is 38.5 Å². The maximum atomic E-state index is 12.6. The summed E-state index contributed by atoms with van der Waals surface area (Å²) >= 11 is 0. The van der Waals surface area contributed by atoms with Gasteiger partial charge in [-0.3, -0.25) is 9.59 Å². The molecule has 0 aliphatic carbocycles. The van der Waals surface area contributed by atoms with Crippen LogP contribution in [0.4, 0.5) is 0 Å². The molecule has 2 atom stereocenters. The molecule has 1 heterocycles. The number of hydrogen-bond donors (Lipinski definition) is 2. The minimum absolute atomic E-state index is 0.000838. The molecule has 118 valence electrons. The zero-order chi connectivity index (χ0) is 16.3. The first-order valence-electron chi connectivity index (χ1n) is 7.68. The van der Waals surface area contributed by atoms with Crippen LogP contribution < -0.4 is 11.1 Å². The van der Waals surface area contributed by atoms with Crippen LogP contribution in [0.1, 0.15) is 37.7 Å². The molecular formula is C17H23N3O2. The van der Waals surface area contributed by atoms with Gasteiger partial charge in [0.15, 0.2) is 0 Å². The Hall–Kier alpha value is -2.30. The number of nitrogens with two attached hydrogens (primary N) is 1. The highest BCUT2D eigenvalue weighted by Crippen LogP contribution is 2.20. The van der Waals surface area contributed by atoms with E-state index in [1.807, 2.05) is 55.7 Å². The van der Waals surface area contributed by atoms with Crippen LogP contribution in [0.5, 0.6) is 0 Å². The Labute approximate surface area is 130 Å². The van der Waals surface area contributed by atoms with E-state index in [0.29, 0.717) is 12.2 Å². The molecule has 0 aliphatic heterocycles. The minimum Gasteiger partial charge on any atom is -0.368 e. The van der Waals surface area contributed by atoms with Crippen molar-refractivity contribution in [3.8, 4) is 0 Å². The van der Waals surface area contributed by atoms with Gasteiger partial charge in [0.1, 0.15) is 11.7 Å². The third kappa shape index (κ3) is 2.98. The van der Waals surface area contributed by atoms with Crippen molar-refractivity contribution in [1.82, 2.24) is 9.88 Å². The maximum absolute atomic E-state index is 12.6. The molecule has 3 N–H and O–H groups in total. The molecule has 0 spiro atoms. The molecule has 5 nitrogen and oxygen atoms in total. The van der Waals surface area contributed by atoms with Crippen molar-refractivity contribution in [2.24, 2.45) is 11.7 Å². The summed E-state index contributed by atoms with van der Waals surface area (Å²) < 4.78 is 1.94. The Balaban J connectivity index is 2.35. The fourth-order valence-electron chi connectivity index (χ4n) is 2.68. The number of aromatic nitrogens is 1. The van der Waals surface area contributed by atoms with Gasteiger partial charge in [0.25, 0.3) is 5.91 Å². The monoisotopic (exact) mass is 301 g/mol. The predicted molar refractivity (Wildman–Crippen MR) is 87.5 cm³/mol. The fraction of sp³-hybridized carbons (Fsp3) is 0.412. The lowest BCUT2D eigenvalue weighted by Crippen LogP contribution is -2.48. The number of aryl methyl sites for hydroxylation is 1. The highest BCUT2D eigenvalue weighted by atomic mass is 16.2. The topological polar surface area (TPSA) is 77.1 Å². The molecule has 0 saturated carbocycles. The molecule has 5 heteroatoms. The van der Waals surface area contributed by atoms with E-state index in [4.69, 9.17) is 5.73 Å². The van der Waals surface area contributed by atoms with E-state index in [0.717, 1.165) is 17.3 Å². The minimum atomic E-state index is -0.652. The molecule has 0 fully saturated rings. The van der Waals surface area contributed by atoms with Gasteiger partial charge in [0, 0.05) is 17.4 Å². The summed E-state index contributed by atoms with van der Waals surface area (Å²) in [6, 6.07) is 9.04. The fourth-order valence-corrected chi connectivity index (χ4v) is 2.68. The Morgan fingerprint density at radius 3 is 2.55 bits per heavy atom. The van der Waals surface area contributed by atoms with Gasteiger partial charge < -0.3 is 15.6 Å². The SMILES string of the molecule is CCC(C)C(NC(=O)c1cc2ccccc2n1CC)C(N)=O. The molecule has 0 bridgehead atoms. The van der Waals surface area contributed by atoms with E-state index >= 15 is 0 Å². The number of fused-ring (bicyclic) bond motifs is 1. The zero-order valence-electron chi connectivity index (χ0n) is 13.3. The first-order valence-corrected chi connectivity index (χ1v) is 7.68. The van der Waals surface area contributed by atoms with E-state index in [9.17, 15) is 9.59 Å². The van der Waals surface area contributed by atoms with Gasteiger partial charge in [-0.05, 0) is 25.0 Å². The number of carbonyl (C=O) groups excluding carboxylic acids is 2. The Morgan fingerprint density at radius 1 is 1.27 bits per heavy atom. The van der Waals surface area contributed by atoms with Gasteiger partial charge in [-0.15, -0.1) is 0 Å². The van der Waals surface area contributed by atoms with E-state index < -0.39 is 11.9 Å². The number of nitrogens with zero attached hydrogens (tertiary/aromatic N) is 1. The number of nitrogens with one attached hydrogen (secondary N) is 1. The number of primary amides is 1. The lowest BCUT2D eigenvalue weighted by molar-refractivity contribution is -0.120. The first kappa shape index (κ1) is 16.1. The smallest absolute Gasteiger partial charge is 0.268 e. The predicted octanol–water partition coefficient (Wildman–Crippen LogP) is 2.29. The lowest BCUT2D eigenvalue weighted by Gasteiger charge is -2.21. The molecule has 22 heavy (non-hydrogen) atoms. The Kier molecular flexibility index (Phi) is 4.85. The normalized spacial score (nSPS) is 13.8. The maximum Gasteiger partial charge on any atom is 0.268 e. The molecule has 2 aromatic rings. The van der Waals surface area contributed by atoms with E-state index in [-0.39, 0.29) is 11.8 Å². The summed E-state index contributed by atoms with van der Waals surface area (Å²) in [5.74, 6) is -0.759. The van der Waals surface area contributed by atoms with Crippen LogP contribution in [-0.4, -0.2) is 22.4 Å². The average molecular weight is 301 g/mol. The second-order valence-corrected chi connectivity index (χ2v) is 5.57. The second-order valence-electron chi connectivity index (χ2n) is 5.57. The van der Waals surface area contributed by atoms with Crippen molar-refractivity contribution in [3.63, 3.8) is 0 Å². The largest absolute Gasteiger partial charge is 0.368 e. The lowest BCUT2D eigenvalue weighted by atomic mass is 9.98. The standard InChI is InChI=1S/C17H23N3O2/c1-4-11(3)15(16(18)21)19-17(22)14-10-12-8-6-7-9-13(12)20(14)5-2/h6-11,15H,4-5H2,1-3H3,(H2,18,21)(H,19,22). The average Bonchev–Trinajstić information content (AvgIpc) is 2.89. The molecule has 0 radical (unpaired) electrons. The number of benzene rings is 1. The van der Waals surface area contributed by atoms with E-state index in [1.54, 1.807) is 0 Å². The van der Waals surface area contributed by atoms with Crippen LogP contribution in [0.3, 0.4) is 0 Å². The van der Waals surface area contributed by atoms with Crippen LogP contribution in [0.15, 0.2) is 30.3 Å². The van der Waals surface area contributed by atoms with Crippen LogP contribution >= 0.6 is 0 Å². The van der Waals surface area contributed by atoms with E-state index in [1.165, 1.54) is 0 Å². The van der Waals surface area contributed by atoms with Gasteiger partial charge in [0.05, 0.1) is 0 Å². The van der Waals surface area contributed by atoms with Crippen molar-refractivity contribution >= 4 is 22.7 Å². The van der Waals surface area contributed by atoms with Gasteiger partial charge in [-0.2, -0.15) is 0 Å². The molecule has 2 rings (SSSR count). The molecule has 2 amide bonds. The number of carbonyl (C=O) groups is 2. The van der Waals surface area contributed by atoms with Crippen LogP contribution in [0, 0.1) is 5.92 Å². The third-order valence-corrected chi connectivity index (χ3v) is 4.17. The van der Waals surface area contributed by atoms with E-state index in [2.05, 4.69) is 5.32 Å². The Bertz CT molecular complexity index is 690. The zero-order valence-corrected chi connectivity index (χ0v) is 13.3. The molecule has 0 aliphatic rings. The number of para-hydroxylation sites is 1. The van der Waals surface area contributed by atoms with Crippen molar-refractivity contribution in [1.29, 1.82) is 0 Å². The highest BCUT2D eigenvalue weighted by molar-refractivity contribution is 6.00. The van der Waals surface area contributed by atoms with Crippen LogP contribution in [0.2, 0.25) is 0 Å². The number of hydrogen-bond acceptors (Lipinski definition) is 2. The van der Waals surface area contributed by atoms with Gasteiger partial charge in [0.2, 0.25) is 5.91 Å². The molecule has 0 saturated heterocycles. The van der Waals surface area contributed by atoms with Crippen molar-refractivity contribution in [2.45, 2.75) is 39.8 Å². The number of amides is 2. The summed E-state index contributed by atoms with van der Waals surface area (Å²) in [5, 5.41) is 3.79. The van der Waals surface area contributed by atoms with Crippen LogP contribution in [-0.2, 0) is 11.3 Å². The number of rotatable bonds is 6. The van der Waals surface area contributed by atoms with Crippen LogP contribution in [0.25, 0.3) is 10.9 Å². The summed E-state index contributed by atoms with van der Waals surface area (Å²) in [4.78, 5) is 24.2. The van der Waals surface area contributed by atoms with Gasteiger partial charge >= 0.3 is 0 Å². The van der Waals surface area contributed by atoms with Crippen molar-refractivity contribution < 1.29 is 9.59 Å². The molecule has 1 aromatic carbocycles. The quantitative estimate of drug-likeness (QED) is 0.858. The second kappa shape index (κ2) is 6.64. The molecular weight excluding hydrogens is 278 g/mol. The first-order chi connectivity index (χ1) is 10.5. The van der Waals surface area contributed by atoms with Gasteiger partial charge in [-0.25, -0.2) is 0 Å². The summed E-state index contributed by atoms with van der Waals surface area (Å²) in [6.45, 7) is 6.55. The van der Waals surface area contributed by atoms with Crippen molar-refractivity contribution in [2.75, 3.05) is 0 Å². The Morgan fingerprint density at radius 2 is 1.95 bits per heavy atom. The van der Waals surface area contributed by atoms with Crippen molar-refractivity contribution in [3.05, 3.63) is 36.0 Å². The summed E-state index contributed by atoms with van der Waals surface area (Å²) in [7, 11) is 0. The highest BCUT2D eigenvalue weighted by Gasteiger charge is 2.25. The molecule has 2 unspecified atom stereocenters. The summed E-state index contributed by atoms with van der Waals surface area (Å²) in [6.07, 6.45) is 0.769. The summed E-state index contributed by atoms with van der Waals surface area (Å²) in [5.41, 5.74) is 6.99.